The highest BCUT2D eigenvalue weighted by Crippen LogP contribution is 2.29. The van der Waals surface area contributed by atoms with Crippen LogP contribution in [0.5, 0.6) is 5.75 Å². The van der Waals surface area contributed by atoms with Gasteiger partial charge in [-0.1, -0.05) is 117 Å². The molecule has 0 saturated carbocycles. The van der Waals surface area contributed by atoms with E-state index in [1.165, 1.54) is 119 Å². The molecule has 0 heterocycles. The molecule has 1 N–H and O–H groups in total. The molecule has 29 heavy (non-hydrogen) atoms. The van der Waals surface area contributed by atoms with Crippen LogP contribution in [-0.4, -0.2) is 5.11 Å². The lowest BCUT2D eigenvalue weighted by Gasteiger charge is -2.17. The molecule has 1 rings (SSSR count). The fourth-order valence-electron chi connectivity index (χ4n) is 4.52. The molecule has 168 valence electrons. The SMILES string of the molecule is CCCCCCCCCCc1c(O)ccc(CCC)c1CCCCCCCCC. The van der Waals surface area contributed by atoms with E-state index >= 15 is 0 Å². The molecule has 1 aromatic rings. The van der Waals surface area contributed by atoms with Gasteiger partial charge in [-0.3, -0.25) is 0 Å². The minimum atomic E-state index is 0.547. The second-order valence-electron chi connectivity index (χ2n) is 9.05. The van der Waals surface area contributed by atoms with Crippen molar-refractivity contribution in [3.8, 4) is 5.75 Å². The van der Waals surface area contributed by atoms with Crippen molar-refractivity contribution < 1.29 is 5.11 Å². The molecule has 0 saturated heterocycles. The maximum Gasteiger partial charge on any atom is 0.119 e. The van der Waals surface area contributed by atoms with E-state index in [9.17, 15) is 5.11 Å². The van der Waals surface area contributed by atoms with Gasteiger partial charge in [0.1, 0.15) is 5.75 Å². The zero-order valence-electron chi connectivity index (χ0n) is 20.0. The number of benzene rings is 1. The number of phenols is 1. The van der Waals surface area contributed by atoms with Crippen LogP contribution < -0.4 is 0 Å². The van der Waals surface area contributed by atoms with Gasteiger partial charge in [-0.15, -0.1) is 0 Å². The van der Waals surface area contributed by atoms with Gasteiger partial charge in [0.25, 0.3) is 0 Å². The molecule has 0 amide bonds. The molecule has 0 aliphatic rings. The molecule has 1 nitrogen and oxygen atoms in total. The van der Waals surface area contributed by atoms with Crippen molar-refractivity contribution in [2.24, 2.45) is 0 Å². The maximum absolute atomic E-state index is 10.6. The van der Waals surface area contributed by atoms with Gasteiger partial charge in [0, 0.05) is 0 Å². The van der Waals surface area contributed by atoms with Crippen LogP contribution in [-0.2, 0) is 19.3 Å². The summed E-state index contributed by atoms with van der Waals surface area (Å²) < 4.78 is 0. The average Bonchev–Trinajstić information content (AvgIpc) is 2.72. The molecule has 0 spiro atoms. The van der Waals surface area contributed by atoms with E-state index in [1.807, 2.05) is 6.07 Å². The normalized spacial score (nSPS) is 11.3. The Bertz CT molecular complexity index is 505. The summed E-state index contributed by atoms with van der Waals surface area (Å²) in [5.74, 6) is 0.547. The predicted molar refractivity (Wildman–Crippen MR) is 130 cm³/mol. The largest absolute Gasteiger partial charge is 0.508 e. The van der Waals surface area contributed by atoms with Crippen LogP contribution in [0, 0.1) is 0 Å². The zero-order valence-corrected chi connectivity index (χ0v) is 20.0. The number of hydrogen-bond acceptors (Lipinski definition) is 1. The third kappa shape index (κ3) is 11.7. The molecule has 0 fully saturated rings. The van der Waals surface area contributed by atoms with Gasteiger partial charge in [-0.2, -0.15) is 0 Å². The lowest BCUT2D eigenvalue weighted by Crippen LogP contribution is -2.02. The highest BCUT2D eigenvalue weighted by molar-refractivity contribution is 5.45. The first kappa shape index (κ1) is 26.1. The molecule has 0 atom stereocenters. The summed E-state index contributed by atoms with van der Waals surface area (Å²) in [6.07, 6.45) is 24.8. The Morgan fingerprint density at radius 3 is 1.41 bits per heavy atom. The van der Waals surface area contributed by atoms with Crippen LogP contribution in [0.4, 0.5) is 0 Å². The van der Waals surface area contributed by atoms with Crippen molar-refractivity contribution >= 4 is 0 Å². The topological polar surface area (TPSA) is 20.2 Å². The van der Waals surface area contributed by atoms with Gasteiger partial charge in [0.15, 0.2) is 0 Å². The van der Waals surface area contributed by atoms with Crippen molar-refractivity contribution in [2.75, 3.05) is 0 Å². The van der Waals surface area contributed by atoms with Crippen LogP contribution in [0.3, 0.4) is 0 Å². The van der Waals surface area contributed by atoms with Gasteiger partial charge in [0.05, 0.1) is 0 Å². The van der Waals surface area contributed by atoms with Crippen LogP contribution in [0.15, 0.2) is 12.1 Å². The Hall–Kier alpha value is -0.980. The van der Waals surface area contributed by atoms with Crippen LogP contribution in [0.1, 0.15) is 140 Å². The summed E-state index contributed by atoms with van der Waals surface area (Å²) in [6.45, 7) is 6.83. The van der Waals surface area contributed by atoms with E-state index in [1.54, 1.807) is 0 Å². The summed E-state index contributed by atoms with van der Waals surface area (Å²) >= 11 is 0. The van der Waals surface area contributed by atoms with E-state index in [0.717, 1.165) is 19.3 Å². The molecule has 0 bridgehead atoms. The van der Waals surface area contributed by atoms with Crippen molar-refractivity contribution in [1.82, 2.24) is 0 Å². The molecule has 1 aromatic carbocycles. The average molecular weight is 403 g/mol. The molecule has 0 radical (unpaired) electrons. The lowest BCUT2D eigenvalue weighted by molar-refractivity contribution is 0.463. The number of rotatable bonds is 19. The highest BCUT2D eigenvalue weighted by atomic mass is 16.3. The second-order valence-corrected chi connectivity index (χ2v) is 9.05. The smallest absolute Gasteiger partial charge is 0.119 e. The third-order valence-corrected chi connectivity index (χ3v) is 6.33. The maximum atomic E-state index is 10.6. The molecular formula is C28H50O. The highest BCUT2D eigenvalue weighted by Gasteiger charge is 2.12. The summed E-state index contributed by atoms with van der Waals surface area (Å²) in [4.78, 5) is 0. The fraction of sp³-hybridized carbons (Fsp3) is 0.786. The Balaban J connectivity index is 2.50. The van der Waals surface area contributed by atoms with Crippen LogP contribution in [0.2, 0.25) is 0 Å². The van der Waals surface area contributed by atoms with Crippen molar-refractivity contribution in [3.05, 3.63) is 28.8 Å². The standard InChI is InChI=1S/C28H50O/c1-4-7-9-11-13-15-17-19-22-27-26(21-18-16-14-12-10-8-5-2)25(20-6-3)23-24-28(27)29/h23-24,29H,4-22H2,1-3H3. The van der Waals surface area contributed by atoms with E-state index in [2.05, 4.69) is 26.8 Å². The first-order valence-electron chi connectivity index (χ1n) is 13.1. The van der Waals surface area contributed by atoms with Gasteiger partial charge in [-0.05, 0) is 54.9 Å². The first-order valence-corrected chi connectivity index (χ1v) is 13.1. The van der Waals surface area contributed by atoms with Crippen molar-refractivity contribution in [3.63, 3.8) is 0 Å². The van der Waals surface area contributed by atoms with Gasteiger partial charge < -0.3 is 5.11 Å². The van der Waals surface area contributed by atoms with Crippen LogP contribution in [0.25, 0.3) is 0 Å². The summed E-state index contributed by atoms with van der Waals surface area (Å²) in [7, 11) is 0. The number of aromatic hydroxyl groups is 1. The quantitative estimate of drug-likeness (QED) is 0.228. The summed E-state index contributed by atoms with van der Waals surface area (Å²) in [6, 6.07) is 4.14. The zero-order chi connectivity index (χ0) is 21.2. The lowest BCUT2D eigenvalue weighted by atomic mass is 9.90. The number of aryl methyl sites for hydroxylation is 1. The first-order chi connectivity index (χ1) is 14.2. The number of hydrogen-bond donors (Lipinski definition) is 1. The molecule has 1 heteroatoms. The molecule has 0 aliphatic carbocycles. The van der Waals surface area contributed by atoms with Gasteiger partial charge in [-0.25, -0.2) is 0 Å². The monoisotopic (exact) mass is 402 g/mol. The van der Waals surface area contributed by atoms with Crippen LogP contribution >= 0.6 is 0 Å². The molecule has 0 aromatic heterocycles. The predicted octanol–water partition coefficient (Wildman–Crippen LogP) is 9.32. The third-order valence-electron chi connectivity index (χ3n) is 6.33. The Morgan fingerprint density at radius 2 is 0.931 bits per heavy atom. The minimum absolute atomic E-state index is 0.547. The van der Waals surface area contributed by atoms with Gasteiger partial charge in [0.2, 0.25) is 0 Å². The van der Waals surface area contributed by atoms with E-state index in [0.29, 0.717) is 5.75 Å². The van der Waals surface area contributed by atoms with Crippen molar-refractivity contribution in [2.45, 2.75) is 143 Å². The minimum Gasteiger partial charge on any atom is -0.508 e. The van der Waals surface area contributed by atoms with Crippen molar-refractivity contribution in [1.29, 1.82) is 0 Å². The second kappa shape index (κ2) is 17.8. The van der Waals surface area contributed by atoms with E-state index in [4.69, 9.17) is 0 Å². The summed E-state index contributed by atoms with van der Waals surface area (Å²) in [5, 5.41) is 10.6. The van der Waals surface area contributed by atoms with E-state index in [-0.39, 0.29) is 0 Å². The Labute approximate surface area is 182 Å². The van der Waals surface area contributed by atoms with Gasteiger partial charge >= 0.3 is 0 Å². The molecular weight excluding hydrogens is 352 g/mol. The molecule has 0 aliphatic heterocycles. The fourth-order valence-corrected chi connectivity index (χ4v) is 4.52. The summed E-state index contributed by atoms with van der Waals surface area (Å²) in [5.41, 5.74) is 4.25. The van der Waals surface area contributed by atoms with E-state index < -0.39 is 0 Å². The number of phenolic OH excluding ortho intramolecular Hbond substituents is 1. The Morgan fingerprint density at radius 1 is 0.483 bits per heavy atom. The molecule has 0 unspecified atom stereocenters. The Kier molecular flexibility index (Phi) is 16.0. The number of unbranched alkanes of at least 4 members (excludes halogenated alkanes) is 13.